The molecule has 0 saturated carbocycles. The zero-order chi connectivity index (χ0) is 15.1. The molecule has 0 radical (unpaired) electrons. The lowest BCUT2D eigenvalue weighted by molar-refractivity contribution is 0.161. The van der Waals surface area contributed by atoms with Crippen molar-refractivity contribution in [2.24, 2.45) is 11.8 Å². The Hall–Kier alpha value is -1.67. The molecule has 1 aromatic heterocycles. The largest absolute Gasteiger partial charge is 0.461 e. The van der Waals surface area contributed by atoms with Crippen LogP contribution in [0.25, 0.3) is 0 Å². The van der Waals surface area contributed by atoms with Gasteiger partial charge in [-0.3, -0.25) is 5.43 Å². The van der Waals surface area contributed by atoms with E-state index in [9.17, 15) is 5.11 Å². The molecule has 0 aliphatic heterocycles. The van der Waals surface area contributed by atoms with Gasteiger partial charge in [0.15, 0.2) is 0 Å². The molecule has 0 saturated heterocycles. The van der Waals surface area contributed by atoms with Gasteiger partial charge in [-0.2, -0.15) is 15.0 Å². The molecular formula is C12H24N6O2. The van der Waals surface area contributed by atoms with Crippen molar-refractivity contribution in [2.75, 3.05) is 17.3 Å². The summed E-state index contributed by atoms with van der Waals surface area (Å²) in [6, 6.07) is 0.184. The van der Waals surface area contributed by atoms with Crippen molar-refractivity contribution >= 4 is 11.9 Å². The predicted molar refractivity (Wildman–Crippen MR) is 77.4 cm³/mol. The molecule has 5 N–H and O–H groups in total. The number of hydrazine groups is 1. The average Bonchev–Trinajstić information content (AvgIpc) is 2.34. The van der Waals surface area contributed by atoms with Crippen LogP contribution in [-0.2, 0) is 0 Å². The van der Waals surface area contributed by atoms with Gasteiger partial charge in [-0.1, -0.05) is 13.8 Å². The first kappa shape index (κ1) is 16.4. The fourth-order valence-corrected chi connectivity index (χ4v) is 1.60. The van der Waals surface area contributed by atoms with E-state index in [1.54, 1.807) is 0 Å². The van der Waals surface area contributed by atoms with Gasteiger partial charge in [-0.15, -0.1) is 0 Å². The van der Waals surface area contributed by atoms with Crippen LogP contribution in [-0.4, -0.2) is 38.8 Å². The van der Waals surface area contributed by atoms with Crippen LogP contribution in [0.1, 0.15) is 34.1 Å². The quantitative estimate of drug-likeness (QED) is 0.408. The number of hydrogen-bond donors (Lipinski definition) is 4. The smallest absolute Gasteiger partial charge is 0.323 e. The highest BCUT2D eigenvalue weighted by Gasteiger charge is 2.11. The minimum Gasteiger partial charge on any atom is -0.461 e. The Morgan fingerprint density at radius 2 is 1.80 bits per heavy atom. The molecule has 1 atom stereocenters. The summed E-state index contributed by atoms with van der Waals surface area (Å²) in [5.41, 5.74) is 2.36. The molecule has 8 heteroatoms. The second-order valence-electron chi connectivity index (χ2n) is 5.24. The standard InChI is InChI=1S/C12H24N6O2/c1-7(2)5-9(19)6-14-10-15-11(18-13)17-12(16-10)20-8(3)4/h7-9,19H,5-6,13H2,1-4H3,(H2,14,15,16,17,18). The molecule has 0 bridgehead atoms. The van der Waals surface area contributed by atoms with Gasteiger partial charge in [-0.25, -0.2) is 5.84 Å². The topological polar surface area (TPSA) is 118 Å². The van der Waals surface area contributed by atoms with Crippen LogP contribution in [0.4, 0.5) is 11.9 Å². The number of ether oxygens (including phenoxy) is 1. The number of anilines is 2. The molecule has 20 heavy (non-hydrogen) atoms. The molecule has 0 aromatic carbocycles. The summed E-state index contributed by atoms with van der Waals surface area (Å²) in [5.74, 6) is 6.24. The summed E-state index contributed by atoms with van der Waals surface area (Å²) in [6.45, 7) is 8.21. The summed E-state index contributed by atoms with van der Waals surface area (Å²) >= 11 is 0. The Balaban J connectivity index is 2.68. The average molecular weight is 284 g/mol. The number of hydrogen-bond acceptors (Lipinski definition) is 8. The van der Waals surface area contributed by atoms with E-state index in [4.69, 9.17) is 10.6 Å². The van der Waals surface area contributed by atoms with Crippen LogP contribution >= 0.6 is 0 Å². The van der Waals surface area contributed by atoms with Crippen LogP contribution in [0.15, 0.2) is 0 Å². The Morgan fingerprint density at radius 3 is 2.35 bits per heavy atom. The van der Waals surface area contributed by atoms with Crippen molar-refractivity contribution in [1.29, 1.82) is 0 Å². The number of nitrogen functional groups attached to an aromatic ring is 1. The first-order valence-corrected chi connectivity index (χ1v) is 6.72. The third-order valence-corrected chi connectivity index (χ3v) is 2.32. The number of aliphatic hydroxyl groups excluding tert-OH is 1. The Morgan fingerprint density at radius 1 is 1.15 bits per heavy atom. The summed E-state index contributed by atoms with van der Waals surface area (Å²) in [5, 5.41) is 12.8. The van der Waals surface area contributed by atoms with Gasteiger partial charge in [0.2, 0.25) is 11.9 Å². The number of rotatable bonds is 8. The SMILES string of the molecule is CC(C)CC(O)CNc1nc(NN)nc(OC(C)C)n1. The second-order valence-corrected chi connectivity index (χ2v) is 5.24. The monoisotopic (exact) mass is 284 g/mol. The van der Waals surface area contributed by atoms with Crippen molar-refractivity contribution in [3.05, 3.63) is 0 Å². The number of nitrogens with two attached hydrogens (primary N) is 1. The lowest BCUT2D eigenvalue weighted by atomic mass is 10.1. The molecule has 1 unspecified atom stereocenters. The molecule has 0 aliphatic carbocycles. The summed E-state index contributed by atoms with van der Waals surface area (Å²) in [4.78, 5) is 12.1. The van der Waals surface area contributed by atoms with Gasteiger partial charge in [0.1, 0.15) is 0 Å². The van der Waals surface area contributed by atoms with Crippen LogP contribution in [0.5, 0.6) is 6.01 Å². The van der Waals surface area contributed by atoms with E-state index in [1.807, 2.05) is 13.8 Å². The van der Waals surface area contributed by atoms with Crippen LogP contribution in [0.2, 0.25) is 0 Å². The van der Waals surface area contributed by atoms with Gasteiger partial charge in [0.05, 0.1) is 12.2 Å². The predicted octanol–water partition coefficient (Wildman–Crippen LogP) is 0.763. The van der Waals surface area contributed by atoms with E-state index < -0.39 is 6.10 Å². The van der Waals surface area contributed by atoms with E-state index >= 15 is 0 Å². The third-order valence-electron chi connectivity index (χ3n) is 2.32. The summed E-state index contributed by atoms with van der Waals surface area (Å²) in [7, 11) is 0. The lowest BCUT2D eigenvalue weighted by Crippen LogP contribution is -2.23. The van der Waals surface area contributed by atoms with Gasteiger partial charge in [0, 0.05) is 6.54 Å². The van der Waals surface area contributed by atoms with Crippen molar-refractivity contribution < 1.29 is 9.84 Å². The van der Waals surface area contributed by atoms with Gasteiger partial charge in [-0.05, 0) is 26.2 Å². The van der Waals surface area contributed by atoms with Crippen molar-refractivity contribution in [2.45, 2.75) is 46.3 Å². The maximum Gasteiger partial charge on any atom is 0.323 e. The maximum atomic E-state index is 9.82. The van der Waals surface area contributed by atoms with E-state index in [0.717, 1.165) is 0 Å². The van der Waals surface area contributed by atoms with E-state index in [1.165, 1.54) is 0 Å². The normalized spacial score (nSPS) is 12.6. The molecule has 1 rings (SSSR count). The van der Waals surface area contributed by atoms with Crippen LogP contribution in [0, 0.1) is 5.92 Å². The lowest BCUT2D eigenvalue weighted by Gasteiger charge is -2.15. The van der Waals surface area contributed by atoms with Crippen molar-refractivity contribution in [3.8, 4) is 6.01 Å². The van der Waals surface area contributed by atoms with Crippen LogP contribution in [0.3, 0.4) is 0 Å². The van der Waals surface area contributed by atoms with Gasteiger partial charge < -0.3 is 15.2 Å². The first-order chi connectivity index (χ1) is 9.40. The molecular weight excluding hydrogens is 260 g/mol. The fourth-order valence-electron chi connectivity index (χ4n) is 1.60. The fraction of sp³-hybridized carbons (Fsp3) is 0.750. The van der Waals surface area contributed by atoms with Crippen molar-refractivity contribution in [1.82, 2.24) is 15.0 Å². The Bertz CT molecular complexity index is 413. The molecule has 1 heterocycles. The minimum absolute atomic E-state index is 0.0533. The summed E-state index contributed by atoms with van der Waals surface area (Å²) in [6.07, 6.45) is 0.188. The molecule has 0 spiro atoms. The third kappa shape index (κ3) is 5.98. The maximum absolute atomic E-state index is 9.82. The highest BCUT2D eigenvalue weighted by atomic mass is 16.5. The highest BCUT2D eigenvalue weighted by Crippen LogP contribution is 2.12. The Kier molecular flexibility index (Phi) is 6.40. The molecule has 0 amide bonds. The summed E-state index contributed by atoms with van der Waals surface area (Å²) < 4.78 is 5.41. The molecule has 8 nitrogen and oxygen atoms in total. The van der Waals surface area contributed by atoms with E-state index in [2.05, 4.69) is 39.5 Å². The van der Waals surface area contributed by atoms with E-state index in [-0.39, 0.29) is 18.1 Å². The molecule has 1 aromatic rings. The molecule has 0 fully saturated rings. The Labute approximate surface area is 119 Å². The first-order valence-electron chi connectivity index (χ1n) is 6.72. The number of aliphatic hydroxyl groups is 1. The minimum atomic E-state index is -0.462. The molecule has 0 aliphatic rings. The zero-order valence-corrected chi connectivity index (χ0v) is 12.4. The second kappa shape index (κ2) is 7.81. The number of aromatic nitrogens is 3. The van der Waals surface area contributed by atoms with E-state index in [0.29, 0.717) is 24.8 Å². The number of nitrogens with one attached hydrogen (secondary N) is 2. The van der Waals surface area contributed by atoms with Crippen molar-refractivity contribution in [3.63, 3.8) is 0 Å². The highest BCUT2D eigenvalue weighted by molar-refractivity contribution is 5.34. The molecule has 114 valence electrons. The van der Waals surface area contributed by atoms with Gasteiger partial charge >= 0.3 is 6.01 Å². The van der Waals surface area contributed by atoms with Crippen LogP contribution < -0.4 is 21.3 Å². The zero-order valence-electron chi connectivity index (χ0n) is 12.4. The number of nitrogens with zero attached hydrogens (tertiary/aromatic N) is 3. The van der Waals surface area contributed by atoms with Gasteiger partial charge in [0.25, 0.3) is 0 Å².